The lowest BCUT2D eigenvalue weighted by Crippen LogP contribution is -2.42. The van der Waals surface area contributed by atoms with Gasteiger partial charge in [-0.05, 0) is 44.7 Å². The molecule has 1 saturated heterocycles. The summed E-state index contributed by atoms with van der Waals surface area (Å²) in [7, 11) is 0. The van der Waals surface area contributed by atoms with Gasteiger partial charge in [-0.15, -0.1) is 0 Å². The summed E-state index contributed by atoms with van der Waals surface area (Å²) >= 11 is 0. The van der Waals surface area contributed by atoms with Crippen LogP contribution in [0.15, 0.2) is 24.5 Å². The van der Waals surface area contributed by atoms with Crippen LogP contribution in [0.25, 0.3) is 0 Å². The predicted molar refractivity (Wildman–Crippen MR) is 109 cm³/mol. The summed E-state index contributed by atoms with van der Waals surface area (Å²) in [5, 5.41) is 11.4. The monoisotopic (exact) mass is 411 g/mol. The Morgan fingerprint density at radius 1 is 1.07 bits per heavy atom. The van der Waals surface area contributed by atoms with Crippen molar-refractivity contribution in [1.82, 2.24) is 15.0 Å². The Bertz CT molecular complexity index is 901. The molecule has 0 bridgehead atoms. The molecule has 3 aliphatic rings. The third kappa shape index (κ3) is 3.82. The van der Waals surface area contributed by atoms with Crippen molar-refractivity contribution in [2.75, 3.05) is 19.8 Å². The summed E-state index contributed by atoms with van der Waals surface area (Å²) in [5.41, 5.74) is 1.95. The molecule has 160 valence electrons. The lowest BCUT2D eigenvalue weighted by molar-refractivity contribution is -0.204. The lowest BCUT2D eigenvalue weighted by Gasteiger charge is -2.40. The van der Waals surface area contributed by atoms with Gasteiger partial charge in [-0.25, -0.2) is 4.98 Å². The second-order valence-electron chi connectivity index (χ2n) is 8.95. The van der Waals surface area contributed by atoms with Crippen LogP contribution in [0.4, 0.5) is 0 Å². The van der Waals surface area contributed by atoms with E-state index in [-0.39, 0.29) is 0 Å². The number of rotatable bonds is 5. The van der Waals surface area contributed by atoms with Crippen LogP contribution in [0.5, 0.6) is 5.88 Å². The maximum Gasteiger partial charge on any atom is 0.222 e. The topological polar surface area (TPSA) is 86.6 Å². The van der Waals surface area contributed by atoms with Crippen LogP contribution in [0, 0.1) is 19.8 Å². The van der Waals surface area contributed by atoms with E-state index in [1.165, 1.54) is 5.56 Å². The van der Waals surface area contributed by atoms with Crippen molar-refractivity contribution in [2.24, 2.45) is 5.92 Å². The minimum Gasteiger partial charge on any atom is -0.477 e. The van der Waals surface area contributed by atoms with Gasteiger partial charge in [0.25, 0.3) is 0 Å². The molecule has 2 atom stereocenters. The van der Waals surface area contributed by atoms with Gasteiger partial charge >= 0.3 is 0 Å². The normalized spacial score (nSPS) is 26.6. The maximum atomic E-state index is 11.4. The summed E-state index contributed by atoms with van der Waals surface area (Å²) in [6, 6.07) is 4.21. The first kappa shape index (κ1) is 19.8. The summed E-state index contributed by atoms with van der Waals surface area (Å²) in [6.07, 6.45) is 7.08. The number of nitrogens with zero attached hydrogens (tertiary/aromatic N) is 3. The molecule has 7 heteroatoms. The number of hydrogen-bond acceptors (Lipinski definition) is 7. The van der Waals surface area contributed by atoms with Gasteiger partial charge in [0.2, 0.25) is 5.88 Å². The quantitative estimate of drug-likeness (QED) is 0.809. The molecule has 5 rings (SSSR count). The van der Waals surface area contributed by atoms with Crippen molar-refractivity contribution in [3.05, 3.63) is 47.2 Å². The highest BCUT2D eigenvalue weighted by Gasteiger charge is 2.48. The molecule has 0 radical (unpaired) electrons. The minimum absolute atomic E-state index is 0.424. The van der Waals surface area contributed by atoms with Crippen LogP contribution in [-0.4, -0.2) is 45.7 Å². The maximum absolute atomic E-state index is 11.4. The highest BCUT2D eigenvalue weighted by atomic mass is 16.7. The fraction of sp³-hybridized carbons (Fsp3) is 0.609. The van der Waals surface area contributed by atoms with E-state index in [0.29, 0.717) is 74.6 Å². The van der Waals surface area contributed by atoms with E-state index in [2.05, 4.69) is 27.1 Å². The molecule has 1 aliphatic heterocycles. The Labute approximate surface area is 176 Å². The second kappa shape index (κ2) is 7.55. The zero-order valence-corrected chi connectivity index (χ0v) is 17.6. The molecule has 1 spiro atoms. The first-order valence-corrected chi connectivity index (χ1v) is 10.9. The van der Waals surface area contributed by atoms with E-state index in [1.54, 1.807) is 6.20 Å². The number of aromatic nitrogens is 3. The standard InChI is InChI=1S/C23H29N3O4/c1-15-3-4-20(25-12-15)18-11-17(18)14-28-21-19(13-24-16(2)26-21)22(27)5-7-23(8-6-22)29-9-10-30-23/h3-4,12-13,17-18,27H,5-11,14H2,1-2H3. The van der Waals surface area contributed by atoms with Crippen LogP contribution in [-0.2, 0) is 15.1 Å². The van der Waals surface area contributed by atoms with Crippen molar-refractivity contribution >= 4 is 0 Å². The SMILES string of the molecule is Cc1ccc(C2CC2COc2nc(C)ncc2C2(O)CCC3(CC2)OCCO3)nc1. The number of hydrogen-bond donors (Lipinski definition) is 1. The lowest BCUT2D eigenvalue weighted by atomic mass is 9.77. The van der Waals surface area contributed by atoms with Crippen molar-refractivity contribution in [3.8, 4) is 5.88 Å². The highest BCUT2D eigenvalue weighted by molar-refractivity contribution is 5.31. The van der Waals surface area contributed by atoms with Crippen LogP contribution in [0.3, 0.4) is 0 Å². The zero-order chi connectivity index (χ0) is 20.8. The molecule has 0 aromatic carbocycles. The highest BCUT2D eigenvalue weighted by Crippen LogP contribution is 2.49. The smallest absolute Gasteiger partial charge is 0.222 e. The molecule has 0 amide bonds. The summed E-state index contributed by atoms with van der Waals surface area (Å²) < 4.78 is 17.8. The first-order valence-electron chi connectivity index (χ1n) is 10.9. The molecule has 1 N–H and O–H groups in total. The average molecular weight is 412 g/mol. The molecule has 2 aromatic rings. The van der Waals surface area contributed by atoms with Crippen LogP contribution in [0.1, 0.15) is 60.7 Å². The summed E-state index contributed by atoms with van der Waals surface area (Å²) in [4.78, 5) is 13.4. The zero-order valence-electron chi connectivity index (χ0n) is 17.6. The van der Waals surface area contributed by atoms with E-state index in [1.807, 2.05) is 20.0 Å². The predicted octanol–water partition coefficient (Wildman–Crippen LogP) is 3.18. The molecule has 7 nitrogen and oxygen atoms in total. The van der Waals surface area contributed by atoms with Crippen molar-refractivity contribution in [1.29, 1.82) is 0 Å². The molecule has 2 aromatic heterocycles. The van der Waals surface area contributed by atoms with Crippen LogP contribution in [0.2, 0.25) is 0 Å². The van der Waals surface area contributed by atoms with Crippen molar-refractivity contribution in [3.63, 3.8) is 0 Å². The van der Waals surface area contributed by atoms with E-state index in [0.717, 1.165) is 12.1 Å². The molecule has 30 heavy (non-hydrogen) atoms. The van der Waals surface area contributed by atoms with E-state index < -0.39 is 11.4 Å². The van der Waals surface area contributed by atoms with E-state index in [9.17, 15) is 5.11 Å². The Kier molecular flexibility index (Phi) is 5.00. The third-order valence-corrected chi connectivity index (χ3v) is 6.70. The largest absolute Gasteiger partial charge is 0.477 e. The van der Waals surface area contributed by atoms with Crippen molar-refractivity contribution < 1.29 is 19.3 Å². The molecule has 2 unspecified atom stereocenters. The van der Waals surface area contributed by atoms with Crippen LogP contribution >= 0.6 is 0 Å². The average Bonchev–Trinajstić information content (AvgIpc) is 3.38. The number of aliphatic hydroxyl groups is 1. The fourth-order valence-electron chi connectivity index (χ4n) is 4.66. The molecule has 3 heterocycles. The summed E-state index contributed by atoms with van der Waals surface area (Å²) in [6.45, 7) is 5.70. The first-order chi connectivity index (χ1) is 14.5. The van der Waals surface area contributed by atoms with Gasteiger partial charge in [-0.3, -0.25) is 4.98 Å². The van der Waals surface area contributed by atoms with E-state index in [4.69, 9.17) is 14.2 Å². The number of aryl methyl sites for hydroxylation is 2. The van der Waals surface area contributed by atoms with Gasteiger partial charge in [0.1, 0.15) is 5.82 Å². The number of pyridine rings is 1. The van der Waals surface area contributed by atoms with Crippen LogP contribution < -0.4 is 4.74 Å². The number of ether oxygens (including phenoxy) is 3. The molecule has 2 saturated carbocycles. The Morgan fingerprint density at radius 2 is 1.83 bits per heavy atom. The molecular weight excluding hydrogens is 382 g/mol. The van der Waals surface area contributed by atoms with Gasteiger partial charge < -0.3 is 19.3 Å². The fourth-order valence-corrected chi connectivity index (χ4v) is 4.66. The molecule has 2 aliphatic carbocycles. The Morgan fingerprint density at radius 3 is 2.53 bits per heavy atom. The van der Waals surface area contributed by atoms with Crippen molar-refractivity contribution in [2.45, 2.75) is 63.3 Å². The Hall–Kier alpha value is -2.09. The van der Waals surface area contributed by atoms with Gasteiger partial charge in [-0.1, -0.05) is 6.07 Å². The molecule has 3 fully saturated rings. The van der Waals surface area contributed by atoms with Gasteiger partial charge in [0, 0.05) is 42.8 Å². The molecular formula is C23H29N3O4. The Balaban J connectivity index is 1.27. The van der Waals surface area contributed by atoms with Gasteiger partial charge in [-0.2, -0.15) is 4.98 Å². The van der Waals surface area contributed by atoms with Gasteiger partial charge in [0.15, 0.2) is 5.79 Å². The van der Waals surface area contributed by atoms with E-state index >= 15 is 0 Å². The van der Waals surface area contributed by atoms with Gasteiger partial charge in [0.05, 0.1) is 31.0 Å². The third-order valence-electron chi connectivity index (χ3n) is 6.70. The summed E-state index contributed by atoms with van der Waals surface area (Å²) in [5.74, 6) is 1.47. The minimum atomic E-state index is -1.02. The second-order valence-corrected chi connectivity index (χ2v) is 8.95.